The minimum Gasteiger partial charge on any atom is -0.360 e. The highest BCUT2D eigenvalue weighted by atomic mass is 79.9. The number of para-hydroxylation sites is 1. The molecule has 0 amide bonds. The van der Waals surface area contributed by atoms with E-state index in [2.05, 4.69) is 41.5 Å². The van der Waals surface area contributed by atoms with E-state index in [1.807, 2.05) is 6.07 Å². The summed E-state index contributed by atoms with van der Waals surface area (Å²) in [5.41, 5.74) is 0.139. The predicted molar refractivity (Wildman–Crippen MR) is 102 cm³/mol. The van der Waals surface area contributed by atoms with Gasteiger partial charge < -0.3 is 15.6 Å². The maximum Gasteiger partial charge on any atom is 0.419 e. The first-order valence-corrected chi connectivity index (χ1v) is 9.40. The fraction of sp³-hybridized carbons (Fsp3) is 0.333. The van der Waals surface area contributed by atoms with Crippen LogP contribution in [0.2, 0.25) is 0 Å². The molecule has 1 fully saturated rings. The number of aromatic nitrogens is 3. The number of hydrogen-bond donors (Lipinski definition) is 3. The van der Waals surface area contributed by atoms with Crippen LogP contribution in [0.15, 0.2) is 35.1 Å². The van der Waals surface area contributed by atoms with Gasteiger partial charge in [0.15, 0.2) is 0 Å². The number of hydrogen-bond acceptors (Lipinski definition) is 4. The van der Waals surface area contributed by atoms with Crippen LogP contribution < -0.4 is 10.6 Å². The first-order valence-electron chi connectivity index (χ1n) is 8.61. The number of nitrogens with one attached hydrogen (secondary N) is 3. The summed E-state index contributed by atoms with van der Waals surface area (Å²) >= 11 is 3.42. The molecule has 9 heteroatoms. The van der Waals surface area contributed by atoms with E-state index in [0.29, 0.717) is 10.9 Å². The van der Waals surface area contributed by atoms with Gasteiger partial charge in [-0.1, -0.05) is 12.1 Å². The van der Waals surface area contributed by atoms with Crippen molar-refractivity contribution in [1.82, 2.24) is 20.3 Å². The zero-order valence-corrected chi connectivity index (χ0v) is 15.8. The minimum atomic E-state index is -4.55. The largest absolute Gasteiger partial charge is 0.419 e. The fourth-order valence-electron chi connectivity index (χ4n) is 3.34. The van der Waals surface area contributed by atoms with Crippen LogP contribution in [0.4, 0.5) is 19.1 Å². The first kappa shape index (κ1) is 18.2. The van der Waals surface area contributed by atoms with Gasteiger partial charge in [-0.15, -0.1) is 0 Å². The monoisotopic (exact) mass is 439 g/mol. The molecule has 2 aromatic heterocycles. The molecule has 142 valence electrons. The highest BCUT2D eigenvalue weighted by Crippen LogP contribution is 2.39. The van der Waals surface area contributed by atoms with Crippen molar-refractivity contribution in [3.63, 3.8) is 0 Å². The first-order chi connectivity index (χ1) is 12.9. The number of aromatic amines is 1. The number of halogens is 4. The molecule has 0 aliphatic carbocycles. The Kier molecular flexibility index (Phi) is 4.81. The van der Waals surface area contributed by atoms with Crippen LogP contribution in [-0.4, -0.2) is 34.1 Å². The summed E-state index contributed by atoms with van der Waals surface area (Å²) in [5.74, 6) is 0.205. The Morgan fingerprint density at radius 1 is 1.26 bits per heavy atom. The molecule has 1 atom stereocenters. The van der Waals surface area contributed by atoms with Gasteiger partial charge >= 0.3 is 6.18 Å². The number of H-pyrrole nitrogens is 1. The van der Waals surface area contributed by atoms with Crippen LogP contribution in [0, 0.1) is 0 Å². The Morgan fingerprint density at radius 2 is 2.11 bits per heavy atom. The molecule has 5 nitrogen and oxygen atoms in total. The van der Waals surface area contributed by atoms with E-state index in [1.165, 1.54) is 0 Å². The van der Waals surface area contributed by atoms with Crippen molar-refractivity contribution in [2.24, 2.45) is 0 Å². The molecule has 3 N–H and O–H groups in total. The normalized spacial score (nSPS) is 18.0. The number of piperidine rings is 1. The molecular formula is C18H17BrF3N5. The molecule has 0 bridgehead atoms. The highest BCUT2D eigenvalue weighted by molar-refractivity contribution is 9.10. The molecule has 4 rings (SSSR count). The lowest BCUT2D eigenvalue weighted by atomic mass is 10.1. The number of rotatable bonds is 3. The van der Waals surface area contributed by atoms with Gasteiger partial charge in [0.05, 0.1) is 11.2 Å². The second-order valence-electron chi connectivity index (χ2n) is 6.51. The second kappa shape index (κ2) is 7.12. The van der Waals surface area contributed by atoms with Crippen LogP contribution in [0.25, 0.3) is 22.2 Å². The van der Waals surface area contributed by atoms with E-state index in [4.69, 9.17) is 0 Å². The summed E-state index contributed by atoms with van der Waals surface area (Å²) in [6.07, 6.45) is -0.207. The molecule has 0 spiro atoms. The van der Waals surface area contributed by atoms with Gasteiger partial charge in [0.25, 0.3) is 0 Å². The minimum absolute atomic E-state index is 0.0976. The van der Waals surface area contributed by atoms with Crippen LogP contribution in [0.5, 0.6) is 0 Å². The third-order valence-corrected chi connectivity index (χ3v) is 5.30. The highest BCUT2D eigenvalue weighted by Gasteiger charge is 2.36. The van der Waals surface area contributed by atoms with Gasteiger partial charge in [0.2, 0.25) is 5.95 Å². The lowest BCUT2D eigenvalue weighted by Gasteiger charge is -2.24. The van der Waals surface area contributed by atoms with Crippen molar-refractivity contribution in [3.05, 3.63) is 40.6 Å². The van der Waals surface area contributed by atoms with E-state index in [0.717, 1.165) is 42.1 Å². The van der Waals surface area contributed by atoms with Crippen molar-refractivity contribution in [2.75, 3.05) is 18.4 Å². The molecule has 1 aliphatic heterocycles. The molecule has 0 unspecified atom stereocenters. The molecule has 0 radical (unpaired) electrons. The third-order valence-electron chi connectivity index (χ3n) is 4.64. The van der Waals surface area contributed by atoms with E-state index < -0.39 is 11.7 Å². The number of benzene rings is 1. The third kappa shape index (κ3) is 3.66. The number of anilines is 1. The maximum atomic E-state index is 13.6. The summed E-state index contributed by atoms with van der Waals surface area (Å²) in [6.45, 7) is 1.68. The Morgan fingerprint density at radius 3 is 2.85 bits per heavy atom. The Hall–Kier alpha value is -2.13. The summed E-state index contributed by atoms with van der Waals surface area (Å²) in [5, 5.41) is 7.07. The van der Waals surface area contributed by atoms with E-state index in [9.17, 15) is 13.2 Å². The Bertz CT molecular complexity index is 963. The van der Waals surface area contributed by atoms with Crippen LogP contribution in [-0.2, 0) is 6.18 Å². The number of nitrogens with zero attached hydrogens (tertiary/aromatic N) is 2. The van der Waals surface area contributed by atoms with Gasteiger partial charge in [0.1, 0.15) is 5.56 Å². The Labute approximate surface area is 161 Å². The maximum absolute atomic E-state index is 13.6. The zero-order valence-electron chi connectivity index (χ0n) is 14.2. The van der Waals surface area contributed by atoms with Crippen molar-refractivity contribution < 1.29 is 13.2 Å². The van der Waals surface area contributed by atoms with E-state index in [1.54, 1.807) is 18.3 Å². The van der Waals surface area contributed by atoms with E-state index >= 15 is 0 Å². The standard InChI is InChI=1S/C18H17BrF3N5/c19-14-5-1-4-11-12(8-24-16(11)14)15-13(18(20,21)22)9-25-17(27-15)26-10-3-2-6-23-7-10/h1,4-5,8-10,23-24H,2-3,6-7H2,(H,25,26,27)/t10-/m0/s1. The lowest BCUT2D eigenvalue weighted by molar-refractivity contribution is -0.137. The van der Waals surface area contributed by atoms with Gasteiger partial charge in [-0.2, -0.15) is 13.2 Å². The second-order valence-corrected chi connectivity index (χ2v) is 7.36. The number of fused-ring (bicyclic) bond motifs is 1. The van der Waals surface area contributed by atoms with Crippen LogP contribution in [0.1, 0.15) is 18.4 Å². The summed E-state index contributed by atoms with van der Waals surface area (Å²) in [6, 6.07) is 5.48. The predicted octanol–water partition coefficient (Wildman–Crippen LogP) is 4.57. The van der Waals surface area contributed by atoms with Crippen LogP contribution >= 0.6 is 15.9 Å². The summed E-state index contributed by atoms with van der Waals surface area (Å²) < 4.78 is 41.5. The lowest BCUT2D eigenvalue weighted by Crippen LogP contribution is -2.38. The van der Waals surface area contributed by atoms with Crippen molar-refractivity contribution in [2.45, 2.75) is 25.1 Å². The molecule has 27 heavy (non-hydrogen) atoms. The van der Waals surface area contributed by atoms with Gasteiger partial charge in [-0.05, 0) is 41.4 Å². The molecular weight excluding hydrogens is 423 g/mol. The average Bonchev–Trinajstić information content (AvgIpc) is 3.07. The quantitative estimate of drug-likeness (QED) is 0.559. The van der Waals surface area contributed by atoms with Crippen molar-refractivity contribution >= 4 is 32.8 Å². The molecule has 1 aliphatic rings. The number of alkyl halides is 3. The van der Waals surface area contributed by atoms with Gasteiger partial charge in [0, 0.05) is 40.4 Å². The van der Waals surface area contributed by atoms with Crippen LogP contribution in [0.3, 0.4) is 0 Å². The van der Waals surface area contributed by atoms with Gasteiger partial charge in [-0.3, -0.25) is 0 Å². The van der Waals surface area contributed by atoms with Crippen molar-refractivity contribution in [3.8, 4) is 11.3 Å². The summed E-state index contributed by atoms with van der Waals surface area (Å²) in [7, 11) is 0. The molecule has 1 saturated heterocycles. The SMILES string of the molecule is FC(F)(F)c1cnc(N[C@H]2CCCNC2)nc1-c1c[nH]c2c(Br)cccc12. The molecule has 0 saturated carbocycles. The Balaban J connectivity index is 1.80. The summed E-state index contributed by atoms with van der Waals surface area (Å²) in [4.78, 5) is 11.2. The molecule has 1 aromatic carbocycles. The average molecular weight is 440 g/mol. The van der Waals surface area contributed by atoms with E-state index in [-0.39, 0.29) is 17.7 Å². The molecule has 3 heterocycles. The van der Waals surface area contributed by atoms with Crippen molar-refractivity contribution in [1.29, 1.82) is 0 Å². The molecule has 3 aromatic rings. The van der Waals surface area contributed by atoms with Gasteiger partial charge in [-0.25, -0.2) is 9.97 Å². The zero-order chi connectivity index (χ0) is 19.0. The topological polar surface area (TPSA) is 65.6 Å². The smallest absolute Gasteiger partial charge is 0.360 e. The fourth-order valence-corrected chi connectivity index (χ4v) is 3.82.